The van der Waals surface area contributed by atoms with Gasteiger partial charge in [-0.1, -0.05) is 20.8 Å². The quantitative estimate of drug-likeness (QED) is 0.897. The minimum Gasteiger partial charge on any atom is -0.324 e. The first kappa shape index (κ1) is 17.1. The first-order valence-corrected chi connectivity index (χ1v) is 6.57. The number of benzene rings is 1. The van der Waals surface area contributed by atoms with Crippen LogP contribution in [0.3, 0.4) is 0 Å². The van der Waals surface area contributed by atoms with Crippen molar-refractivity contribution in [3.8, 4) is 0 Å². The molecule has 1 aromatic rings. The van der Waals surface area contributed by atoms with E-state index in [-0.39, 0.29) is 28.8 Å². The van der Waals surface area contributed by atoms with Crippen LogP contribution in [0.2, 0.25) is 0 Å². The highest BCUT2D eigenvalue weighted by molar-refractivity contribution is 5.99. The third-order valence-corrected chi connectivity index (χ3v) is 2.64. The molecule has 0 heterocycles. The first-order chi connectivity index (χ1) is 9.51. The smallest absolute Gasteiger partial charge is 0.221 e. The fourth-order valence-electron chi connectivity index (χ4n) is 1.98. The molecule has 0 unspecified atom stereocenters. The average molecular weight is 298 g/mol. The molecule has 1 aromatic carbocycles. The van der Waals surface area contributed by atoms with Crippen molar-refractivity contribution in [1.82, 2.24) is 0 Å². The van der Waals surface area contributed by atoms with E-state index in [1.165, 1.54) is 13.8 Å². The Morgan fingerprint density at radius 1 is 1.10 bits per heavy atom. The largest absolute Gasteiger partial charge is 0.324 e. The number of anilines is 2. The monoisotopic (exact) mass is 298 g/mol. The van der Waals surface area contributed by atoms with Gasteiger partial charge in [0.25, 0.3) is 0 Å². The second kappa shape index (κ2) is 6.20. The van der Waals surface area contributed by atoms with Crippen LogP contribution in [0.4, 0.5) is 20.2 Å². The summed E-state index contributed by atoms with van der Waals surface area (Å²) in [5.41, 5.74) is -0.126. The Morgan fingerprint density at radius 3 is 2.05 bits per heavy atom. The average Bonchev–Trinajstić information content (AvgIpc) is 2.27. The maximum absolute atomic E-state index is 14.1. The molecular weight excluding hydrogens is 278 g/mol. The number of carbonyl (C=O) groups excluding carboxylic acids is 2. The molecule has 0 aromatic heterocycles. The van der Waals surface area contributed by atoms with Crippen molar-refractivity contribution in [2.75, 3.05) is 10.6 Å². The highest BCUT2D eigenvalue weighted by Gasteiger charge is 2.24. The topological polar surface area (TPSA) is 58.2 Å². The van der Waals surface area contributed by atoms with E-state index in [0.717, 1.165) is 6.07 Å². The number of halogens is 2. The molecule has 4 nitrogen and oxygen atoms in total. The zero-order valence-electron chi connectivity index (χ0n) is 12.9. The van der Waals surface area contributed by atoms with E-state index in [0.29, 0.717) is 0 Å². The van der Waals surface area contributed by atoms with Gasteiger partial charge in [-0.15, -0.1) is 0 Å². The Balaban J connectivity index is 3.51. The molecule has 21 heavy (non-hydrogen) atoms. The van der Waals surface area contributed by atoms with Crippen molar-refractivity contribution < 1.29 is 18.4 Å². The molecule has 2 N–H and O–H groups in total. The van der Waals surface area contributed by atoms with Crippen LogP contribution in [0.5, 0.6) is 0 Å². The van der Waals surface area contributed by atoms with Crippen LogP contribution in [-0.2, 0) is 16.0 Å². The Kier molecular flexibility index (Phi) is 5.04. The van der Waals surface area contributed by atoms with E-state index in [1.807, 2.05) is 20.8 Å². The lowest BCUT2D eigenvalue weighted by molar-refractivity contribution is -0.115. The van der Waals surface area contributed by atoms with Gasteiger partial charge in [-0.05, 0) is 11.8 Å². The van der Waals surface area contributed by atoms with Gasteiger partial charge in [0.05, 0.1) is 11.4 Å². The van der Waals surface area contributed by atoms with Crippen LogP contribution in [0.15, 0.2) is 6.07 Å². The van der Waals surface area contributed by atoms with Crippen LogP contribution in [0.25, 0.3) is 0 Å². The summed E-state index contributed by atoms with van der Waals surface area (Å²) in [7, 11) is 0. The highest BCUT2D eigenvalue weighted by Crippen LogP contribution is 2.35. The summed E-state index contributed by atoms with van der Waals surface area (Å²) in [5.74, 6) is -2.94. The van der Waals surface area contributed by atoms with E-state index in [1.54, 1.807) is 0 Å². The molecule has 0 saturated heterocycles. The first-order valence-electron chi connectivity index (χ1n) is 6.57. The minimum absolute atomic E-state index is 0.0430. The van der Waals surface area contributed by atoms with Crippen LogP contribution >= 0.6 is 0 Å². The standard InChI is InChI=1S/C15H20F2N2O2/c1-8(20)18-12-6-11(16)13(17)10(7-15(3,4)5)14(12)19-9(2)21/h6H,7H2,1-5H3,(H,18,20)(H,19,21). The molecular formula is C15H20F2N2O2. The number of carbonyl (C=O) groups is 2. The minimum atomic E-state index is -1.06. The van der Waals surface area contributed by atoms with Crippen molar-refractivity contribution >= 4 is 23.2 Å². The molecule has 0 atom stereocenters. The molecule has 0 bridgehead atoms. The fourth-order valence-corrected chi connectivity index (χ4v) is 1.98. The molecule has 2 amide bonds. The van der Waals surface area contributed by atoms with E-state index >= 15 is 0 Å². The lowest BCUT2D eigenvalue weighted by atomic mass is 9.86. The zero-order valence-corrected chi connectivity index (χ0v) is 12.9. The van der Waals surface area contributed by atoms with Gasteiger partial charge in [0.1, 0.15) is 0 Å². The maximum atomic E-state index is 14.1. The van der Waals surface area contributed by atoms with Gasteiger partial charge in [0.2, 0.25) is 11.8 Å². The molecule has 0 aliphatic heterocycles. The Morgan fingerprint density at radius 2 is 1.62 bits per heavy atom. The van der Waals surface area contributed by atoms with Crippen molar-refractivity contribution in [2.45, 2.75) is 41.0 Å². The molecule has 0 fully saturated rings. The maximum Gasteiger partial charge on any atom is 0.221 e. The lowest BCUT2D eigenvalue weighted by Crippen LogP contribution is -2.19. The van der Waals surface area contributed by atoms with Crippen LogP contribution in [0, 0.1) is 17.0 Å². The van der Waals surface area contributed by atoms with E-state index in [9.17, 15) is 18.4 Å². The summed E-state index contributed by atoms with van der Waals surface area (Å²) in [6, 6.07) is 0.869. The van der Waals surface area contributed by atoms with Crippen molar-refractivity contribution in [3.05, 3.63) is 23.3 Å². The van der Waals surface area contributed by atoms with Crippen LogP contribution < -0.4 is 10.6 Å². The Labute approximate surface area is 122 Å². The van der Waals surface area contributed by atoms with Gasteiger partial charge >= 0.3 is 0 Å². The summed E-state index contributed by atoms with van der Waals surface area (Å²) in [6.45, 7) is 8.12. The van der Waals surface area contributed by atoms with Gasteiger partial charge in [-0.25, -0.2) is 8.78 Å². The van der Waals surface area contributed by atoms with Gasteiger partial charge < -0.3 is 10.6 Å². The van der Waals surface area contributed by atoms with Gasteiger partial charge in [-0.3, -0.25) is 9.59 Å². The zero-order chi connectivity index (χ0) is 16.4. The SMILES string of the molecule is CC(=O)Nc1cc(F)c(F)c(CC(C)(C)C)c1NC(C)=O. The van der Waals surface area contributed by atoms with Crippen molar-refractivity contribution in [3.63, 3.8) is 0 Å². The number of rotatable bonds is 3. The van der Waals surface area contributed by atoms with E-state index in [2.05, 4.69) is 10.6 Å². The van der Waals surface area contributed by atoms with E-state index < -0.39 is 23.4 Å². The molecule has 0 spiro atoms. The third-order valence-electron chi connectivity index (χ3n) is 2.64. The number of amides is 2. The highest BCUT2D eigenvalue weighted by atomic mass is 19.2. The van der Waals surface area contributed by atoms with Crippen molar-refractivity contribution in [1.29, 1.82) is 0 Å². The summed E-state index contributed by atoms with van der Waals surface area (Å²) >= 11 is 0. The van der Waals surface area contributed by atoms with Crippen LogP contribution in [0.1, 0.15) is 40.2 Å². The normalized spacial score (nSPS) is 11.2. The molecule has 0 aliphatic rings. The predicted octanol–water partition coefficient (Wildman–Crippen LogP) is 3.47. The predicted molar refractivity (Wildman–Crippen MR) is 78.1 cm³/mol. The van der Waals surface area contributed by atoms with E-state index in [4.69, 9.17) is 0 Å². The summed E-state index contributed by atoms with van der Waals surface area (Å²) < 4.78 is 27.9. The number of hydrogen-bond acceptors (Lipinski definition) is 2. The molecule has 0 saturated carbocycles. The van der Waals surface area contributed by atoms with Crippen LogP contribution in [-0.4, -0.2) is 11.8 Å². The molecule has 116 valence electrons. The molecule has 1 rings (SSSR count). The second-order valence-electron chi connectivity index (χ2n) is 6.17. The fraction of sp³-hybridized carbons (Fsp3) is 0.467. The number of hydrogen-bond donors (Lipinski definition) is 2. The molecule has 0 radical (unpaired) electrons. The van der Waals surface area contributed by atoms with Crippen molar-refractivity contribution in [2.24, 2.45) is 5.41 Å². The summed E-state index contributed by atoms with van der Waals surface area (Å²) in [4.78, 5) is 22.5. The summed E-state index contributed by atoms with van der Waals surface area (Å²) in [5, 5.41) is 4.89. The van der Waals surface area contributed by atoms with Gasteiger partial charge in [-0.2, -0.15) is 0 Å². The summed E-state index contributed by atoms with van der Waals surface area (Å²) in [6.07, 6.45) is 0.207. The van der Waals surface area contributed by atoms with Gasteiger partial charge in [0, 0.05) is 25.5 Å². The molecule has 6 heteroatoms. The Hall–Kier alpha value is -1.98. The molecule has 0 aliphatic carbocycles. The number of nitrogens with one attached hydrogen (secondary N) is 2. The second-order valence-corrected chi connectivity index (χ2v) is 6.17. The van der Waals surface area contributed by atoms with Gasteiger partial charge in [0.15, 0.2) is 11.6 Å². The lowest BCUT2D eigenvalue weighted by Gasteiger charge is -2.23. The third kappa shape index (κ3) is 4.81. The Bertz CT molecular complexity index is 578.